The van der Waals surface area contributed by atoms with Crippen LogP contribution in [0.1, 0.15) is 43.1 Å². The van der Waals surface area contributed by atoms with Gasteiger partial charge in [0.2, 0.25) is 0 Å². The molecule has 3 aromatic rings. The second kappa shape index (κ2) is 6.27. The highest BCUT2D eigenvalue weighted by atomic mass is 15.2. The molecule has 1 saturated carbocycles. The van der Waals surface area contributed by atoms with Crippen molar-refractivity contribution in [2.24, 2.45) is 0 Å². The first-order chi connectivity index (χ1) is 11.8. The SMILES string of the molecule is CC(Nc1cc(Nc2cc(C3CC3)[nH]n2)ncn1)c1ccccn1. The van der Waals surface area contributed by atoms with E-state index in [0.29, 0.717) is 11.7 Å². The molecule has 1 unspecified atom stereocenters. The van der Waals surface area contributed by atoms with Crippen LogP contribution in [0.4, 0.5) is 17.5 Å². The molecule has 1 atom stereocenters. The lowest BCUT2D eigenvalue weighted by atomic mass is 10.2. The van der Waals surface area contributed by atoms with Gasteiger partial charge in [-0.3, -0.25) is 10.1 Å². The lowest BCUT2D eigenvalue weighted by Crippen LogP contribution is -2.09. The predicted molar refractivity (Wildman–Crippen MR) is 92.2 cm³/mol. The van der Waals surface area contributed by atoms with Crippen LogP contribution >= 0.6 is 0 Å². The standard InChI is InChI=1S/C17H19N7/c1-11(13-4-2-3-7-18-13)21-15-9-16(20-10-19-15)22-17-8-14(23-24-17)12-5-6-12/h2-4,7-12H,5-6H2,1H3,(H3,19,20,21,22,23,24). The van der Waals surface area contributed by atoms with E-state index >= 15 is 0 Å². The van der Waals surface area contributed by atoms with Crippen molar-refractivity contribution in [1.82, 2.24) is 25.1 Å². The molecule has 0 amide bonds. The maximum absolute atomic E-state index is 4.35. The van der Waals surface area contributed by atoms with Gasteiger partial charge in [0, 0.05) is 29.9 Å². The first kappa shape index (κ1) is 14.6. The van der Waals surface area contributed by atoms with Crippen LogP contribution in [0.15, 0.2) is 42.9 Å². The van der Waals surface area contributed by atoms with Gasteiger partial charge in [-0.05, 0) is 31.9 Å². The van der Waals surface area contributed by atoms with Crippen LogP contribution in [0.3, 0.4) is 0 Å². The Morgan fingerprint density at radius 1 is 1.08 bits per heavy atom. The number of hydrogen-bond donors (Lipinski definition) is 3. The summed E-state index contributed by atoms with van der Waals surface area (Å²) in [5.41, 5.74) is 2.15. The van der Waals surface area contributed by atoms with E-state index in [0.717, 1.165) is 17.3 Å². The van der Waals surface area contributed by atoms with Crippen LogP contribution < -0.4 is 10.6 Å². The largest absolute Gasteiger partial charge is 0.362 e. The summed E-state index contributed by atoms with van der Waals surface area (Å²) in [6.45, 7) is 2.05. The molecule has 4 rings (SSSR count). The Kier molecular flexibility index (Phi) is 3.82. The van der Waals surface area contributed by atoms with E-state index in [-0.39, 0.29) is 6.04 Å². The molecule has 7 nitrogen and oxygen atoms in total. The van der Waals surface area contributed by atoms with Gasteiger partial charge in [-0.15, -0.1) is 0 Å². The van der Waals surface area contributed by atoms with E-state index in [9.17, 15) is 0 Å². The fourth-order valence-corrected chi connectivity index (χ4v) is 2.57. The van der Waals surface area contributed by atoms with Gasteiger partial charge in [0.05, 0.1) is 11.7 Å². The zero-order valence-corrected chi connectivity index (χ0v) is 13.4. The Morgan fingerprint density at radius 3 is 2.75 bits per heavy atom. The van der Waals surface area contributed by atoms with Crippen molar-refractivity contribution in [1.29, 1.82) is 0 Å². The van der Waals surface area contributed by atoms with Gasteiger partial charge in [0.15, 0.2) is 5.82 Å². The minimum absolute atomic E-state index is 0.0563. The zero-order chi connectivity index (χ0) is 16.4. The van der Waals surface area contributed by atoms with Crippen LogP contribution in [0.5, 0.6) is 0 Å². The summed E-state index contributed by atoms with van der Waals surface area (Å²) in [7, 11) is 0. The summed E-state index contributed by atoms with van der Waals surface area (Å²) in [5.74, 6) is 2.87. The normalized spacial score (nSPS) is 15.0. The first-order valence-corrected chi connectivity index (χ1v) is 8.10. The smallest absolute Gasteiger partial charge is 0.153 e. The number of anilines is 3. The first-order valence-electron chi connectivity index (χ1n) is 8.10. The van der Waals surface area contributed by atoms with Gasteiger partial charge in [-0.25, -0.2) is 9.97 Å². The summed E-state index contributed by atoms with van der Waals surface area (Å²) in [6.07, 6.45) is 5.81. The lowest BCUT2D eigenvalue weighted by Gasteiger charge is -2.14. The van der Waals surface area contributed by atoms with Crippen molar-refractivity contribution < 1.29 is 0 Å². The van der Waals surface area contributed by atoms with Crippen LogP contribution in [0.25, 0.3) is 0 Å². The molecule has 0 aliphatic heterocycles. The number of aromatic amines is 1. The zero-order valence-electron chi connectivity index (χ0n) is 13.4. The van der Waals surface area contributed by atoms with Gasteiger partial charge in [-0.1, -0.05) is 6.07 Å². The van der Waals surface area contributed by atoms with Crippen molar-refractivity contribution in [3.8, 4) is 0 Å². The summed E-state index contributed by atoms with van der Waals surface area (Å²) in [4.78, 5) is 12.9. The Morgan fingerprint density at radius 2 is 1.96 bits per heavy atom. The highest BCUT2D eigenvalue weighted by Gasteiger charge is 2.25. The highest BCUT2D eigenvalue weighted by molar-refractivity contribution is 5.56. The minimum atomic E-state index is 0.0563. The van der Waals surface area contributed by atoms with Crippen molar-refractivity contribution in [3.05, 3.63) is 54.2 Å². The molecule has 3 aromatic heterocycles. The maximum Gasteiger partial charge on any atom is 0.153 e. The summed E-state index contributed by atoms with van der Waals surface area (Å²) in [5, 5.41) is 13.9. The van der Waals surface area contributed by atoms with E-state index in [2.05, 4.69) is 35.8 Å². The fourth-order valence-electron chi connectivity index (χ4n) is 2.57. The molecule has 24 heavy (non-hydrogen) atoms. The van der Waals surface area contributed by atoms with Crippen molar-refractivity contribution in [2.75, 3.05) is 10.6 Å². The average Bonchev–Trinajstić information content (AvgIpc) is 3.36. The second-order valence-electron chi connectivity index (χ2n) is 6.02. The van der Waals surface area contributed by atoms with E-state index < -0.39 is 0 Å². The molecule has 1 fully saturated rings. The highest BCUT2D eigenvalue weighted by Crippen LogP contribution is 2.39. The van der Waals surface area contributed by atoms with Crippen LogP contribution in [-0.4, -0.2) is 25.1 Å². The molecule has 3 N–H and O–H groups in total. The summed E-state index contributed by atoms with van der Waals surface area (Å²) in [6, 6.07) is 9.83. The number of H-pyrrole nitrogens is 1. The molecular formula is C17H19N7. The van der Waals surface area contributed by atoms with Gasteiger partial charge < -0.3 is 10.6 Å². The summed E-state index contributed by atoms with van der Waals surface area (Å²) < 4.78 is 0. The molecule has 1 aliphatic rings. The third-order valence-corrected chi connectivity index (χ3v) is 4.03. The van der Waals surface area contributed by atoms with Gasteiger partial charge >= 0.3 is 0 Å². The van der Waals surface area contributed by atoms with E-state index in [4.69, 9.17) is 0 Å². The van der Waals surface area contributed by atoms with Crippen molar-refractivity contribution >= 4 is 17.5 Å². The third-order valence-electron chi connectivity index (χ3n) is 4.03. The monoisotopic (exact) mass is 321 g/mol. The van der Waals surface area contributed by atoms with Gasteiger partial charge in [0.25, 0.3) is 0 Å². The Bertz CT molecular complexity index is 811. The third kappa shape index (κ3) is 3.34. The van der Waals surface area contributed by atoms with E-state index in [1.807, 2.05) is 37.3 Å². The van der Waals surface area contributed by atoms with Crippen LogP contribution in [0.2, 0.25) is 0 Å². The number of nitrogens with one attached hydrogen (secondary N) is 3. The predicted octanol–water partition coefficient (Wildman–Crippen LogP) is 3.39. The Labute approximate surface area is 140 Å². The van der Waals surface area contributed by atoms with Crippen molar-refractivity contribution in [2.45, 2.75) is 31.7 Å². The second-order valence-corrected chi connectivity index (χ2v) is 6.02. The van der Waals surface area contributed by atoms with Gasteiger partial charge in [-0.2, -0.15) is 5.10 Å². The lowest BCUT2D eigenvalue weighted by molar-refractivity contribution is 0.830. The fraction of sp³-hybridized carbons (Fsp3) is 0.294. The average molecular weight is 321 g/mol. The molecule has 0 saturated heterocycles. The van der Waals surface area contributed by atoms with Crippen LogP contribution in [0, 0.1) is 0 Å². The molecule has 122 valence electrons. The Balaban J connectivity index is 1.44. The van der Waals surface area contributed by atoms with Gasteiger partial charge in [0.1, 0.15) is 18.0 Å². The molecule has 7 heteroatoms. The molecule has 0 radical (unpaired) electrons. The Hall–Kier alpha value is -2.96. The number of rotatable bonds is 6. The quantitative estimate of drug-likeness (QED) is 0.644. The number of pyridine rings is 1. The molecule has 1 aliphatic carbocycles. The molecule has 0 bridgehead atoms. The van der Waals surface area contributed by atoms with E-state index in [1.54, 1.807) is 6.20 Å². The number of nitrogens with zero attached hydrogens (tertiary/aromatic N) is 4. The van der Waals surface area contributed by atoms with Crippen molar-refractivity contribution in [3.63, 3.8) is 0 Å². The molecule has 0 aromatic carbocycles. The van der Waals surface area contributed by atoms with Crippen LogP contribution in [-0.2, 0) is 0 Å². The minimum Gasteiger partial charge on any atom is -0.362 e. The number of aromatic nitrogens is 5. The summed E-state index contributed by atoms with van der Waals surface area (Å²) >= 11 is 0. The molecule has 0 spiro atoms. The maximum atomic E-state index is 4.35. The molecule has 3 heterocycles. The topological polar surface area (TPSA) is 91.4 Å². The molecular weight excluding hydrogens is 302 g/mol. The number of hydrogen-bond acceptors (Lipinski definition) is 6. The van der Waals surface area contributed by atoms with E-state index in [1.165, 1.54) is 24.9 Å².